The molecule has 6 heteroatoms. The van der Waals surface area contributed by atoms with Gasteiger partial charge in [-0.3, -0.25) is 19.8 Å². The van der Waals surface area contributed by atoms with Crippen LogP contribution in [-0.4, -0.2) is 42.4 Å². The van der Waals surface area contributed by atoms with Crippen molar-refractivity contribution in [3.05, 3.63) is 65.2 Å². The lowest BCUT2D eigenvalue weighted by Crippen LogP contribution is -2.39. The van der Waals surface area contributed by atoms with E-state index < -0.39 is 6.03 Å². The lowest BCUT2D eigenvalue weighted by molar-refractivity contribution is -0.117. The number of nitrogens with zero attached hydrogens (tertiary/aromatic N) is 2. The second-order valence-electron chi connectivity index (χ2n) is 7.49. The first-order valence-electron chi connectivity index (χ1n) is 9.58. The van der Waals surface area contributed by atoms with Crippen LogP contribution in [0.4, 0.5) is 10.5 Å². The van der Waals surface area contributed by atoms with E-state index in [9.17, 15) is 14.4 Å². The number of anilines is 1. The van der Waals surface area contributed by atoms with Gasteiger partial charge in [-0.25, -0.2) is 4.79 Å². The Hall–Kier alpha value is -3.15. The highest BCUT2D eigenvalue weighted by Gasteiger charge is 2.29. The number of urea groups is 1. The molecule has 2 aliphatic rings. The van der Waals surface area contributed by atoms with Crippen molar-refractivity contribution in [1.82, 2.24) is 10.2 Å². The summed E-state index contributed by atoms with van der Waals surface area (Å²) in [5, 5.41) is 2.25. The zero-order chi connectivity index (χ0) is 19.7. The van der Waals surface area contributed by atoms with Crippen LogP contribution in [-0.2, 0) is 4.79 Å². The Labute approximate surface area is 164 Å². The Morgan fingerprint density at radius 3 is 2.57 bits per heavy atom. The average Bonchev–Trinajstić information content (AvgIpc) is 3.05. The summed E-state index contributed by atoms with van der Waals surface area (Å²) >= 11 is 0. The number of piperidine rings is 1. The molecule has 6 nitrogen and oxygen atoms in total. The molecule has 0 spiro atoms. The van der Waals surface area contributed by atoms with Crippen molar-refractivity contribution in [3.8, 4) is 0 Å². The van der Waals surface area contributed by atoms with Crippen LogP contribution in [0.5, 0.6) is 0 Å². The Bertz CT molecular complexity index is 923. The fraction of sp³-hybridized carbons (Fsp3) is 0.318. The summed E-state index contributed by atoms with van der Waals surface area (Å²) in [6.45, 7) is 3.57. The third-order valence-corrected chi connectivity index (χ3v) is 5.44. The van der Waals surface area contributed by atoms with Gasteiger partial charge in [0.2, 0.25) is 5.91 Å². The van der Waals surface area contributed by atoms with E-state index in [0.29, 0.717) is 23.7 Å². The van der Waals surface area contributed by atoms with E-state index >= 15 is 0 Å². The molecule has 144 valence electrons. The number of nitrogens with one attached hydrogen (secondary N) is 1. The SMILES string of the molecule is Cc1cccc([C@H]2CCCN(C(=O)c3ccc(N4CC(=O)NC4=O)cc3)C2)c1. The monoisotopic (exact) mass is 377 g/mol. The van der Waals surface area contributed by atoms with Gasteiger partial charge < -0.3 is 4.90 Å². The van der Waals surface area contributed by atoms with Gasteiger partial charge in [-0.15, -0.1) is 0 Å². The molecule has 2 saturated heterocycles. The molecule has 4 amide bonds. The summed E-state index contributed by atoms with van der Waals surface area (Å²) in [6, 6.07) is 15.0. The van der Waals surface area contributed by atoms with Crippen LogP contribution >= 0.6 is 0 Å². The maximum atomic E-state index is 13.0. The van der Waals surface area contributed by atoms with E-state index in [0.717, 1.165) is 19.4 Å². The number of hydrogen-bond acceptors (Lipinski definition) is 3. The van der Waals surface area contributed by atoms with Crippen LogP contribution in [0.2, 0.25) is 0 Å². The van der Waals surface area contributed by atoms with E-state index in [4.69, 9.17) is 0 Å². The molecule has 0 aliphatic carbocycles. The van der Waals surface area contributed by atoms with E-state index in [1.807, 2.05) is 4.90 Å². The summed E-state index contributed by atoms with van der Waals surface area (Å²) in [6.07, 6.45) is 2.07. The highest BCUT2D eigenvalue weighted by molar-refractivity contribution is 6.12. The van der Waals surface area contributed by atoms with Crippen LogP contribution in [0.3, 0.4) is 0 Å². The second-order valence-corrected chi connectivity index (χ2v) is 7.49. The number of amides is 4. The van der Waals surface area contributed by atoms with E-state index in [2.05, 4.69) is 36.5 Å². The van der Waals surface area contributed by atoms with Crippen molar-refractivity contribution in [2.75, 3.05) is 24.5 Å². The van der Waals surface area contributed by atoms with Gasteiger partial charge in [0.05, 0.1) is 0 Å². The Morgan fingerprint density at radius 1 is 1.11 bits per heavy atom. The fourth-order valence-corrected chi connectivity index (χ4v) is 3.97. The van der Waals surface area contributed by atoms with E-state index in [-0.39, 0.29) is 18.4 Å². The number of benzene rings is 2. The summed E-state index contributed by atoms with van der Waals surface area (Å²) in [7, 11) is 0. The Balaban J connectivity index is 1.46. The van der Waals surface area contributed by atoms with E-state index in [1.54, 1.807) is 24.3 Å². The smallest absolute Gasteiger partial charge is 0.329 e. The van der Waals surface area contributed by atoms with Crippen LogP contribution in [0.15, 0.2) is 48.5 Å². The van der Waals surface area contributed by atoms with Gasteiger partial charge in [-0.1, -0.05) is 29.8 Å². The number of hydrogen-bond donors (Lipinski definition) is 1. The van der Waals surface area contributed by atoms with Crippen LogP contribution in [0, 0.1) is 6.92 Å². The van der Waals surface area contributed by atoms with Gasteiger partial charge in [0.25, 0.3) is 5.91 Å². The summed E-state index contributed by atoms with van der Waals surface area (Å²) < 4.78 is 0. The predicted octanol–water partition coefficient (Wildman–Crippen LogP) is 3.07. The lowest BCUT2D eigenvalue weighted by Gasteiger charge is -2.33. The number of carbonyl (C=O) groups is 3. The number of rotatable bonds is 3. The van der Waals surface area contributed by atoms with Gasteiger partial charge in [0.1, 0.15) is 6.54 Å². The highest BCUT2D eigenvalue weighted by Crippen LogP contribution is 2.28. The van der Waals surface area contributed by atoms with Gasteiger partial charge >= 0.3 is 6.03 Å². The first-order chi connectivity index (χ1) is 13.5. The summed E-state index contributed by atoms with van der Waals surface area (Å²) in [5.41, 5.74) is 3.73. The first-order valence-corrected chi connectivity index (χ1v) is 9.58. The molecule has 0 aromatic heterocycles. The Kier molecular flexibility index (Phi) is 4.86. The standard InChI is InChI=1S/C22H23N3O3/c1-15-4-2-5-17(12-15)18-6-3-11-24(13-18)21(27)16-7-9-19(10-8-16)25-14-20(26)23-22(25)28/h2,4-5,7-10,12,18H,3,6,11,13-14H2,1H3,(H,23,26,28)/t18-/m0/s1. The van der Waals surface area contributed by atoms with Gasteiger partial charge in [-0.05, 0) is 49.6 Å². The molecule has 2 aliphatic heterocycles. The minimum Gasteiger partial charge on any atom is -0.338 e. The predicted molar refractivity (Wildman–Crippen MR) is 106 cm³/mol. The zero-order valence-electron chi connectivity index (χ0n) is 15.9. The van der Waals surface area contributed by atoms with E-state index in [1.165, 1.54) is 16.0 Å². The van der Waals surface area contributed by atoms with Crippen molar-refractivity contribution < 1.29 is 14.4 Å². The van der Waals surface area contributed by atoms with Gasteiger partial charge in [0, 0.05) is 30.3 Å². The van der Waals surface area contributed by atoms with Crippen LogP contribution < -0.4 is 10.2 Å². The van der Waals surface area contributed by atoms with Crippen molar-refractivity contribution in [2.45, 2.75) is 25.7 Å². The molecule has 0 radical (unpaired) electrons. The molecule has 2 aromatic rings. The van der Waals surface area contributed by atoms with Crippen molar-refractivity contribution in [1.29, 1.82) is 0 Å². The third kappa shape index (κ3) is 3.63. The molecule has 1 atom stereocenters. The molecule has 0 saturated carbocycles. The van der Waals surface area contributed by atoms with Gasteiger partial charge in [0.15, 0.2) is 0 Å². The molecule has 0 bridgehead atoms. The van der Waals surface area contributed by atoms with Crippen molar-refractivity contribution in [2.24, 2.45) is 0 Å². The number of likely N-dealkylation sites (tertiary alicyclic amines) is 1. The topological polar surface area (TPSA) is 69.7 Å². The molecule has 1 N–H and O–H groups in total. The van der Waals surface area contributed by atoms with Crippen LogP contribution in [0.25, 0.3) is 0 Å². The molecule has 2 aromatic carbocycles. The minimum atomic E-state index is -0.430. The molecule has 4 rings (SSSR count). The average molecular weight is 377 g/mol. The fourth-order valence-electron chi connectivity index (χ4n) is 3.97. The molecular weight excluding hydrogens is 354 g/mol. The number of imide groups is 1. The second kappa shape index (κ2) is 7.46. The molecule has 28 heavy (non-hydrogen) atoms. The lowest BCUT2D eigenvalue weighted by atomic mass is 9.89. The van der Waals surface area contributed by atoms with Crippen molar-refractivity contribution >= 4 is 23.5 Å². The first kappa shape index (κ1) is 18.2. The maximum Gasteiger partial charge on any atom is 0.329 e. The third-order valence-electron chi connectivity index (χ3n) is 5.44. The normalized spacial score (nSPS) is 19.7. The quantitative estimate of drug-likeness (QED) is 0.836. The molecule has 0 unspecified atom stereocenters. The summed E-state index contributed by atoms with van der Waals surface area (Å²) in [5.74, 6) is 0.0442. The van der Waals surface area contributed by atoms with Crippen molar-refractivity contribution in [3.63, 3.8) is 0 Å². The maximum absolute atomic E-state index is 13.0. The van der Waals surface area contributed by atoms with Crippen LogP contribution in [0.1, 0.15) is 40.2 Å². The molecular formula is C22H23N3O3. The molecule has 2 fully saturated rings. The number of carbonyl (C=O) groups excluding carboxylic acids is 3. The minimum absolute atomic E-state index is 0.00542. The largest absolute Gasteiger partial charge is 0.338 e. The summed E-state index contributed by atoms with van der Waals surface area (Å²) in [4.78, 5) is 39.4. The zero-order valence-corrected chi connectivity index (χ0v) is 15.9. The number of aryl methyl sites for hydroxylation is 1. The highest BCUT2D eigenvalue weighted by atomic mass is 16.2. The molecule has 2 heterocycles. The van der Waals surface area contributed by atoms with Gasteiger partial charge in [-0.2, -0.15) is 0 Å². The Morgan fingerprint density at radius 2 is 1.89 bits per heavy atom.